The van der Waals surface area contributed by atoms with Gasteiger partial charge in [0.1, 0.15) is 0 Å². The molecule has 66 valence electrons. The van der Waals surface area contributed by atoms with Gasteiger partial charge in [-0.3, -0.25) is 9.36 Å². The van der Waals surface area contributed by atoms with Crippen LogP contribution in [0.3, 0.4) is 0 Å². The molecule has 1 aromatic rings. The number of nitrogens with zero attached hydrogens (tertiary/aromatic N) is 2. The minimum atomic E-state index is 0.0130. The summed E-state index contributed by atoms with van der Waals surface area (Å²) in [5.41, 5.74) is 5.34. The third kappa shape index (κ3) is 2.28. The fourth-order valence-electron chi connectivity index (χ4n) is 0.845. The van der Waals surface area contributed by atoms with E-state index in [-0.39, 0.29) is 5.56 Å². The molecule has 0 bridgehead atoms. The van der Waals surface area contributed by atoms with E-state index in [0.717, 1.165) is 6.42 Å². The van der Waals surface area contributed by atoms with E-state index in [9.17, 15) is 4.79 Å². The van der Waals surface area contributed by atoms with Crippen molar-refractivity contribution in [2.45, 2.75) is 13.0 Å². The first-order valence-corrected chi connectivity index (χ1v) is 4.73. The van der Waals surface area contributed by atoms with E-state index in [1.165, 1.54) is 0 Å². The first-order chi connectivity index (χ1) is 5.75. The highest BCUT2D eigenvalue weighted by Gasteiger charge is 1.98. The largest absolute Gasteiger partial charge is 0.330 e. The third-order valence-electron chi connectivity index (χ3n) is 1.46. The summed E-state index contributed by atoms with van der Waals surface area (Å²) in [6.07, 6.45) is 3.91. The summed E-state index contributed by atoms with van der Waals surface area (Å²) in [6.45, 7) is 1.25. The van der Waals surface area contributed by atoms with E-state index >= 15 is 0 Å². The molecule has 0 saturated carbocycles. The van der Waals surface area contributed by atoms with Gasteiger partial charge in [-0.15, -0.1) is 0 Å². The Kier molecular flexibility index (Phi) is 3.67. The summed E-state index contributed by atoms with van der Waals surface area (Å²) < 4.78 is 2.22. The zero-order valence-electron chi connectivity index (χ0n) is 6.53. The van der Waals surface area contributed by atoms with Crippen molar-refractivity contribution in [1.82, 2.24) is 9.55 Å². The van der Waals surface area contributed by atoms with Crippen molar-refractivity contribution in [2.24, 2.45) is 5.73 Å². The van der Waals surface area contributed by atoms with Gasteiger partial charge < -0.3 is 5.73 Å². The molecule has 4 nitrogen and oxygen atoms in total. The molecule has 1 heterocycles. The summed E-state index contributed by atoms with van der Waals surface area (Å²) >= 11 is 1.97. The first kappa shape index (κ1) is 9.66. The van der Waals surface area contributed by atoms with Crippen molar-refractivity contribution in [2.75, 3.05) is 6.54 Å². The zero-order chi connectivity index (χ0) is 8.97. The smallest absolute Gasteiger partial charge is 0.266 e. The molecule has 1 aromatic heterocycles. The van der Waals surface area contributed by atoms with E-state index in [4.69, 9.17) is 5.73 Å². The molecule has 0 aliphatic rings. The Morgan fingerprint density at radius 3 is 3.08 bits per heavy atom. The normalized spacial score (nSPS) is 10.2. The van der Waals surface area contributed by atoms with E-state index in [2.05, 4.69) is 4.98 Å². The van der Waals surface area contributed by atoms with Gasteiger partial charge in [0.2, 0.25) is 0 Å². The maximum atomic E-state index is 11.3. The van der Waals surface area contributed by atoms with Crippen LogP contribution in [0.25, 0.3) is 0 Å². The minimum Gasteiger partial charge on any atom is -0.330 e. The van der Waals surface area contributed by atoms with Gasteiger partial charge in [0.15, 0.2) is 0 Å². The lowest BCUT2D eigenvalue weighted by Gasteiger charge is -2.02. The number of rotatable bonds is 3. The van der Waals surface area contributed by atoms with Crippen LogP contribution in [0.2, 0.25) is 0 Å². The Balaban J connectivity index is 2.85. The number of nitrogens with two attached hydrogens (primary N) is 1. The van der Waals surface area contributed by atoms with Gasteiger partial charge in [-0.25, -0.2) is 4.98 Å². The summed E-state index contributed by atoms with van der Waals surface area (Å²) in [7, 11) is 0. The van der Waals surface area contributed by atoms with Gasteiger partial charge in [-0.05, 0) is 35.6 Å². The number of hydrogen-bond acceptors (Lipinski definition) is 3. The number of hydrogen-bond donors (Lipinski definition) is 1. The van der Waals surface area contributed by atoms with E-state index in [1.807, 2.05) is 22.6 Å². The van der Waals surface area contributed by atoms with Crippen molar-refractivity contribution in [1.29, 1.82) is 0 Å². The van der Waals surface area contributed by atoms with Crippen LogP contribution in [-0.2, 0) is 6.54 Å². The molecule has 0 radical (unpaired) electrons. The van der Waals surface area contributed by atoms with Crippen LogP contribution in [0.1, 0.15) is 6.42 Å². The summed E-state index contributed by atoms with van der Waals surface area (Å²) in [4.78, 5) is 15.3. The molecule has 12 heavy (non-hydrogen) atoms. The van der Waals surface area contributed by atoms with Crippen molar-refractivity contribution in [3.8, 4) is 0 Å². The maximum absolute atomic E-state index is 11.3. The van der Waals surface area contributed by atoms with Crippen LogP contribution in [0, 0.1) is 3.57 Å². The lowest BCUT2D eigenvalue weighted by Crippen LogP contribution is -2.23. The fraction of sp³-hybridized carbons (Fsp3) is 0.429. The fourth-order valence-corrected chi connectivity index (χ4v) is 1.32. The first-order valence-electron chi connectivity index (χ1n) is 3.65. The highest BCUT2D eigenvalue weighted by molar-refractivity contribution is 14.1. The van der Waals surface area contributed by atoms with Gasteiger partial charge in [-0.1, -0.05) is 0 Å². The molecule has 0 aliphatic heterocycles. The van der Waals surface area contributed by atoms with Crippen LogP contribution in [-0.4, -0.2) is 16.1 Å². The van der Waals surface area contributed by atoms with E-state index in [0.29, 0.717) is 16.7 Å². The van der Waals surface area contributed by atoms with Crippen molar-refractivity contribution in [3.05, 3.63) is 26.4 Å². The van der Waals surface area contributed by atoms with Crippen LogP contribution in [0.5, 0.6) is 0 Å². The number of aryl methyl sites for hydroxylation is 1. The average Bonchev–Trinajstić information content (AvgIpc) is 2.08. The second kappa shape index (κ2) is 4.56. The highest BCUT2D eigenvalue weighted by atomic mass is 127. The maximum Gasteiger partial charge on any atom is 0.266 e. The molecule has 1 rings (SSSR count). The average molecular weight is 279 g/mol. The molecule has 0 unspecified atom stereocenters. The zero-order valence-corrected chi connectivity index (χ0v) is 8.69. The van der Waals surface area contributed by atoms with Crippen molar-refractivity contribution < 1.29 is 0 Å². The molecule has 0 atom stereocenters. The number of aromatic nitrogens is 2. The quantitative estimate of drug-likeness (QED) is 0.804. The van der Waals surface area contributed by atoms with Crippen LogP contribution >= 0.6 is 22.6 Å². The number of halogens is 1. The summed E-state index contributed by atoms with van der Waals surface area (Å²) in [5, 5.41) is 0. The highest BCUT2D eigenvalue weighted by Crippen LogP contribution is 1.93. The van der Waals surface area contributed by atoms with E-state index in [1.54, 1.807) is 17.1 Å². The molecule has 5 heteroatoms. The van der Waals surface area contributed by atoms with Gasteiger partial charge in [0.05, 0.1) is 9.90 Å². The molecule has 0 fully saturated rings. The molecule has 0 spiro atoms. The van der Waals surface area contributed by atoms with Gasteiger partial charge >= 0.3 is 0 Å². The van der Waals surface area contributed by atoms with Gasteiger partial charge in [0.25, 0.3) is 5.56 Å². The molecular weight excluding hydrogens is 269 g/mol. The van der Waals surface area contributed by atoms with Gasteiger partial charge in [0, 0.05) is 12.7 Å². The van der Waals surface area contributed by atoms with Gasteiger partial charge in [-0.2, -0.15) is 0 Å². The van der Waals surface area contributed by atoms with E-state index < -0.39 is 0 Å². The lowest BCUT2D eigenvalue weighted by molar-refractivity contribution is 0.615. The Morgan fingerprint density at radius 2 is 2.42 bits per heavy atom. The topological polar surface area (TPSA) is 60.9 Å². The summed E-state index contributed by atoms with van der Waals surface area (Å²) in [6, 6.07) is 0. The van der Waals surface area contributed by atoms with Crippen LogP contribution in [0.15, 0.2) is 17.3 Å². The third-order valence-corrected chi connectivity index (χ3v) is 2.20. The van der Waals surface area contributed by atoms with Crippen molar-refractivity contribution in [3.63, 3.8) is 0 Å². The van der Waals surface area contributed by atoms with Crippen LogP contribution in [0.4, 0.5) is 0 Å². The molecule has 2 N–H and O–H groups in total. The lowest BCUT2D eigenvalue weighted by atomic mass is 10.4. The van der Waals surface area contributed by atoms with Crippen molar-refractivity contribution >= 4 is 22.6 Å². The second-order valence-corrected chi connectivity index (χ2v) is 3.54. The standard InChI is InChI=1S/C7H10IN3O/c8-6-4-10-5-11(7(6)12)3-1-2-9/h4-5H,1-3,9H2. The molecule has 0 aliphatic carbocycles. The Bertz CT molecular complexity index is 310. The molecule has 0 saturated heterocycles. The Morgan fingerprint density at radius 1 is 1.67 bits per heavy atom. The SMILES string of the molecule is NCCCn1cncc(I)c1=O. The monoisotopic (exact) mass is 279 g/mol. The Labute approximate surface area is 83.9 Å². The molecule has 0 aromatic carbocycles. The minimum absolute atomic E-state index is 0.0130. The second-order valence-electron chi connectivity index (χ2n) is 2.38. The molecular formula is C7H10IN3O. The predicted octanol–water partition coefficient (Wildman–Crippen LogP) is 0.197. The Hall–Kier alpha value is -0.430. The molecule has 0 amide bonds. The van der Waals surface area contributed by atoms with Crippen LogP contribution < -0.4 is 11.3 Å². The summed E-state index contributed by atoms with van der Waals surface area (Å²) in [5.74, 6) is 0. The predicted molar refractivity (Wildman–Crippen MR) is 54.9 cm³/mol.